The van der Waals surface area contributed by atoms with Gasteiger partial charge in [-0.3, -0.25) is 10.9 Å². The summed E-state index contributed by atoms with van der Waals surface area (Å²) in [5.74, 6) is 1.64. The summed E-state index contributed by atoms with van der Waals surface area (Å²) in [5, 5.41) is 5.33. The number of benzene rings is 1. The average molecular weight is 365 g/mol. The number of hydrogen-bond donors (Lipinski definition) is 3. The molecular weight excluding hydrogens is 349 g/mol. The van der Waals surface area contributed by atoms with E-state index in [1.807, 2.05) is 0 Å². The van der Waals surface area contributed by atoms with Crippen molar-refractivity contribution >= 4 is 57.8 Å². The molecule has 0 spiro atoms. The number of anilines is 1. The molecule has 3 N–H and O–H groups in total. The van der Waals surface area contributed by atoms with Crippen molar-refractivity contribution in [3.63, 3.8) is 0 Å². The largest absolute Gasteiger partial charge is 0.358 e. The summed E-state index contributed by atoms with van der Waals surface area (Å²) in [5.41, 5.74) is 6.46. The Bertz CT molecular complexity index is 543. The third kappa shape index (κ3) is 3.50. The molecule has 1 aromatic carbocycles. The van der Waals surface area contributed by atoms with E-state index in [-0.39, 0.29) is 0 Å². The van der Waals surface area contributed by atoms with E-state index < -0.39 is 0 Å². The minimum Gasteiger partial charge on any atom is -0.358 e. The van der Waals surface area contributed by atoms with E-state index in [2.05, 4.69) is 16.2 Å². The van der Waals surface area contributed by atoms with Gasteiger partial charge in [0.15, 0.2) is 5.11 Å². The Kier molecular flexibility index (Phi) is 4.69. The van der Waals surface area contributed by atoms with Crippen LogP contribution >= 0.6 is 47.0 Å². The highest BCUT2D eigenvalue weighted by Crippen LogP contribution is 2.44. The van der Waals surface area contributed by atoms with Crippen LogP contribution in [0, 0.1) is 11.8 Å². The zero-order chi connectivity index (χ0) is 15.0. The second-order valence-electron chi connectivity index (χ2n) is 5.75. The fourth-order valence-corrected chi connectivity index (χ4v) is 4.52. The summed E-state index contributed by atoms with van der Waals surface area (Å²) in [6, 6.07) is 3.75. The number of hydrazine groups is 1. The lowest BCUT2D eigenvalue weighted by atomic mass is 9.96. The normalized spacial score (nSPS) is 26.7. The lowest BCUT2D eigenvalue weighted by molar-refractivity contribution is 0.390. The van der Waals surface area contributed by atoms with E-state index in [4.69, 9.17) is 47.0 Å². The summed E-state index contributed by atoms with van der Waals surface area (Å²) in [6.45, 7) is 0. The molecule has 0 aromatic heterocycles. The third-order valence-electron chi connectivity index (χ3n) is 4.36. The smallest absolute Gasteiger partial charge is 0.185 e. The zero-order valence-corrected chi connectivity index (χ0v) is 14.3. The van der Waals surface area contributed by atoms with Crippen LogP contribution in [0.5, 0.6) is 0 Å². The standard InChI is InChI=1S/C14H16Cl3N3S/c15-9-5-10(16)13(11(17)6-9)19-20-14(21)18-12-4-7-1-2-8(12)3-7/h5-8,12,19H,1-4H2,(H2,18,20,21)/t7-,8-,12-/m1/s1. The summed E-state index contributed by atoms with van der Waals surface area (Å²) in [6.07, 6.45) is 5.24. The van der Waals surface area contributed by atoms with Crippen molar-refractivity contribution in [3.05, 3.63) is 27.2 Å². The molecule has 0 heterocycles. The van der Waals surface area contributed by atoms with Crippen molar-refractivity contribution in [1.82, 2.24) is 10.7 Å². The van der Waals surface area contributed by atoms with Crippen molar-refractivity contribution in [3.8, 4) is 0 Å². The van der Waals surface area contributed by atoms with Gasteiger partial charge in [0.1, 0.15) is 0 Å². The highest BCUT2D eigenvalue weighted by Gasteiger charge is 2.39. The Morgan fingerprint density at radius 2 is 1.81 bits per heavy atom. The van der Waals surface area contributed by atoms with Crippen LogP contribution in [0.1, 0.15) is 25.7 Å². The first-order chi connectivity index (χ1) is 10.0. The molecule has 2 fully saturated rings. The van der Waals surface area contributed by atoms with Crippen LogP contribution in [0.2, 0.25) is 15.1 Å². The third-order valence-corrected chi connectivity index (χ3v) is 5.40. The van der Waals surface area contributed by atoms with Gasteiger partial charge in [0, 0.05) is 11.1 Å². The summed E-state index contributed by atoms with van der Waals surface area (Å²) in [4.78, 5) is 0. The second-order valence-corrected chi connectivity index (χ2v) is 7.41. The van der Waals surface area contributed by atoms with Crippen molar-refractivity contribution in [2.24, 2.45) is 11.8 Å². The first-order valence-electron chi connectivity index (χ1n) is 7.00. The molecule has 3 rings (SSSR count). The number of nitrogens with one attached hydrogen (secondary N) is 3. The molecule has 114 valence electrons. The Labute approximate surface area is 144 Å². The molecule has 3 atom stereocenters. The Balaban J connectivity index is 1.54. The fraction of sp³-hybridized carbons (Fsp3) is 0.500. The van der Waals surface area contributed by atoms with Gasteiger partial charge >= 0.3 is 0 Å². The number of thiocarbonyl (C=S) groups is 1. The van der Waals surface area contributed by atoms with Gasteiger partial charge in [-0.05, 0) is 55.4 Å². The predicted molar refractivity (Wildman–Crippen MR) is 93.2 cm³/mol. The van der Waals surface area contributed by atoms with Crippen LogP contribution in [0.3, 0.4) is 0 Å². The van der Waals surface area contributed by atoms with Crippen LogP contribution in [0.4, 0.5) is 5.69 Å². The summed E-state index contributed by atoms with van der Waals surface area (Å²) in [7, 11) is 0. The number of fused-ring (bicyclic) bond motifs is 2. The topological polar surface area (TPSA) is 36.1 Å². The fourth-order valence-electron chi connectivity index (χ4n) is 3.41. The van der Waals surface area contributed by atoms with E-state index in [1.54, 1.807) is 12.1 Å². The molecule has 2 aliphatic rings. The molecule has 2 saturated carbocycles. The number of halogens is 3. The van der Waals surface area contributed by atoms with E-state index in [1.165, 1.54) is 25.7 Å². The molecule has 2 bridgehead atoms. The van der Waals surface area contributed by atoms with Crippen LogP contribution < -0.4 is 16.2 Å². The molecule has 21 heavy (non-hydrogen) atoms. The molecule has 3 nitrogen and oxygen atoms in total. The van der Waals surface area contributed by atoms with Crippen LogP contribution in [0.15, 0.2) is 12.1 Å². The average Bonchev–Trinajstić information content (AvgIpc) is 2.99. The predicted octanol–water partition coefficient (Wildman–Crippen LogP) is 4.63. The van der Waals surface area contributed by atoms with E-state index >= 15 is 0 Å². The maximum Gasteiger partial charge on any atom is 0.185 e. The molecule has 2 aliphatic carbocycles. The molecule has 7 heteroatoms. The Morgan fingerprint density at radius 3 is 2.38 bits per heavy atom. The summed E-state index contributed by atoms with van der Waals surface area (Å²) >= 11 is 23.4. The first-order valence-corrected chi connectivity index (χ1v) is 8.54. The highest BCUT2D eigenvalue weighted by atomic mass is 35.5. The minimum atomic E-state index is 0.447. The molecule has 1 aromatic rings. The monoisotopic (exact) mass is 363 g/mol. The minimum absolute atomic E-state index is 0.447. The van der Waals surface area contributed by atoms with Crippen molar-refractivity contribution in [2.75, 3.05) is 5.43 Å². The van der Waals surface area contributed by atoms with Crippen molar-refractivity contribution < 1.29 is 0 Å². The Morgan fingerprint density at radius 1 is 1.10 bits per heavy atom. The van der Waals surface area contributed by atoms with Gasteiger partial charge in [-0.2, -0.15) is 0 Å². The molecular formula is C14H16Cl3N3S. The number of hydrogen-bond acceptors (Lipinski definition) is 2. The van der Waals surface area contributed by atoms with E-state index in [0.29, 0.717) is 31.9 Å². The maximum absolute atomic E-state index is 6.10. The molecule has 0 unspecified atom stereocenters. The molecule has 0 saturated heterocycles. The van der Waals surface area contributed by atoms with Crippen LogP contribution in [-0.2, 0) is 0 Å². The van der Waals surface area contributed by atoms with Gasteiger partial charge in [0.2, 0.25) is 0 Å². The quantitative estimate of drug-likeness (QED) is 0.540. The van der Waals surface area contributed by atoms with E-state index in [0.717, 1.165) is 11.8 Å². The highest BCUT2D eigenvalue weighted by molar-refractivity contribution is 7.80. The molecule has 0 amide bonds. The lowest BCUT2D eigenvalue weighted by Crippen LogP contribution is -2.46. The van der Waals surface area contributed by atoms with Gasteiger partial charge in [-0.25, -0.2) is 0 Å². The second kappa shape index (κ2) is 6.37. The first kappa shape index (κ1) is 15.5. The number of rotatable bonds is 3. The molecule has 0 aliphatic heterocycles. The van der Waals surface area contributed by atoms with Gasteiger partial charge in [-0.15, -0.1) is 0 Å². The van der Waals surface area contributed by atoms with Gasteiger partial charge < -0.3 is 5.32 Å². The summed E-state index contributed by atoms with van der Waals surface area (Å²) < 4.78 is 0. The lowest BCUT2D eigenvalue weighted by Gasteiger charge is -2.25. The molecule has 0 radical (unpaired) electrons. The van der Waals surface area contributed by atoms with Crippen molar-refractivity contribution in [1.29, 1.82) is 0 Å². The SMILES string of the molecule is S=C(NNc1c(Cl)cc(Cl)cc1Cl)N[C@@H]1C[C@@H]2CC[C@@H]1C2. The van der Waals surface area contributed by atoms with Crippen LogP contribution in [-0.4, -0.2) is 11.2 Å². The van der Waals surface area contributed by atoms with Gasteiger partial charge in [0.25, 0.3) is 0 Å². The van der Waals surface area contributed by atoms with Crippen molar-refractivity contribution in [2.45, 2.75) is 31.7 Å². The maximum atomic E-state index is 6.10. The van der Waals surface area contributed by atoms with E-state index in [9.17, 15) is 0 Å². The van der Waals surface area contributed by atoms with Crippen LogP contribution in [0.25, 0.3) is 0 Å². The Hall–Kier alpha value is -0.420. The van der Waals surface area contributed by atoms with Gasteiger partial charge in [-0.1, -0.05) is 41.2 Å². The van der Waals surface area contributed by atoms with Gasteiger partial charge in [0.05, 0.1) is 15.7 Å². The zero-order valence-electron chi connectivity index (χ0n) is 11.3.